The van der Waals surface area contributed by atoms with E-state index in [1.807, 2.05) is 25.2 Å². The van der Waals surface area contributed by atoms with E-state index in [2.05, 4.69) is 35.2 Å². The van der Waals surface area contributed by atoms with Crippen LogP contribution >= 0.6 is 0 Å². The molecule has 0 aliphatic rings. The van der Waals surface area contributed by atoms with Crippen molar-refractivity contribution in [1.29, 1.82) is 0 Å². The van der Waals surface area contributed by atoms with Gasteiger partial charge >= 0.3 is 0 Å². The molecule has 0 saturated carbocycles. The molecule has 0 saturated heterocycles. The number of aromatic nitrogens is 1. The molecule has 124 valence electrons. The van der Waals surface area contributed by atoms with Gasteiger partial charge in [0.25, 0.3) is 0 Å². The van der Waals surface area contributed by atoms with Crippen LogP contribution < -0.4 is 18.8 Å². The maximum atomic E-state index is 5.59. The molecule has 0 aliphatic heterocycles. The van der Waals surface area contributed by atoms with Crippen molar-refractivity contribution in [3.05, 3.63) is 59.9 Å². The molecule has 1 aromatic heterocycles. The lowest BCUT2D eigenvalue weighted by Crippen LogP contribution is -2.27. The van der Waals surface area contributed by atoms with Crippen LogP contribution in [0.1, 0.15) is 11.1 Å². The number of hydrogen-bond acceptors (Lipinski definition) is 3. The minimum atomic E-state index is 0.739. The molecule has 2 aromatic carbocycles. The number of benzene rings is 2. The Morgan fingerprint density at radius 3 is 2.42 bits per heavy atom. The van der Waals surface area contributed by atoms with E-state index in [0.717, 1.165) is 34.4 Å². The van der Waals surface area contributed by atoms with E-state index in [9.17, 15) is 0 Å². The molecule has 0 atom stereocenters. The summed E-state index contributed by atoms with van der Waals surface area (Å²) in [6, 6.07) is 12.2. The molecule has 24 heavy (non-hydrogen) atoms. The Bertz CT molecular complexity index is 874. The number of ether oxygens (including phenoxy) is 3. The largest absolute Gasteiger partial charge is 0.497 e. The predicted molar refractivity (Wildman–Crippen MR) is 94.0 cm³/mol. The molecule has 0 amide bonds. The number of hydrogen-bond donors (Lipinski definition) is 0. The molecule has 4 nitrogen and oxygen atoms in total. The third kappa shape index (κ3) is 3.00. The van der Waals surface area contributed by atoms with Crippen LogP contribution in [0, 0.1) is 0 Å². The average Bonchev–Trinajstić information content (AvgIpc) is 2.60. The van der Waals surface area contributed by atoms with Crippen LogP contribution in [0.25, 0.3) is 10.8 Å². The minimum absolute atomic E-state index is 0.739. The summed E-state index contributed by atoms with van der Waals surface area (Å²) >= 11 is 0. The van der Waals surface area contributed by atoms with Crippen LogP contribution in [0.3, 0.4) is 0 Å². The second-order valence-corrected chi connectivity index (χ2v) is 5.74. The van der Waals surface area contributed by atoms with E-state index < -0.39 is 0 Å². The Balaban J connectivity index is 2.13. The number of aryl methyl sites for hydroxylation is 1. The first-order valence-corrected chi connectivity index (χ1v) is 7.82. The van der Waals surface area contributed by atoms with Gasteiger partial charge in [-0.3, -0.25) is 0 Å². The summed E-state index contributed by atoms with van der Waals surface area (Å²) in [5.41, 5.74) is 2.43. The second-order valence-electron chi connectivity index (χ2n) is 5.74. The van der Waals surface area contributed by atoms with Gasteiger partial charge in [-0.25, -0.2) is 4.57 Å². The Morgan fingerprint density at radius 2 is 1.71 bits per heavy atom. The van der Waals surface area contributed by atoms with Gasteiger partial charge in [-0.05, 0) is 29.8 Å². The van der Waals surface area contributed by atoms with Crippen LogP contribution in [-0.4, -0.2) is 21.3 Å². The number of fused-ring (bicyclic) bond motifs is 1. The number of methoxy groups -OCH3 is 3. The fourth-order valence-corrected chi connectivity index (χ4v) is 3.06. The summed E-state index contributed by atoms with van der Waals surface area (Å²) in [4.78, 5) is 0. The van der Waals surface area contributed by atoms with Crippen LogP contribution in [-0.2, 0) is 13.5 Å². The zero-order valence-electron chi connectivity index (χ0n) is 14.5. The van der Waals surface area contributed by atoms with E-state index in [-0.39, 0.29) is 0 Å². The maximum absolute atomic E-state index is 5.59. The standard InChI is InChI=1S/C20H22NO3/c1-21-12-15(10-14-6-5-7-16(11-14)22-2)17-8-9-19(23-3)20(24-4)18(17)13-21/h5-9,11-13H,10H2,1-4H3/q+1. The van der Waals surface area contributed by atoms with Gasteiger partial charge in [-0.2, -0.15) is 0 Å². The third-order valence-electron chi connectivity index (χ3n) is 4.15. The molecule has 0 fully saturated rings. The van der Waals surface area contributed by atoms with Gasteiger partial charge in [0.2, 0.25) is 0 Å². The molecule has 0 aliphatic carbocycles. The van der Waals surface area contributed by atoms with E-state index in [4.69, 9.17) is 14.2 Å². The SMILES string of the molecule is COc1cccc(Cc2c[n+](C)cc3c(OC)c(OC)ccc23)c1. The number of pyridine rings is 1. The average molecular weight is 324 g/mol. The number of nitrogens with zero attached hydrogens (tertiary/aromatic N) is 1. The molecule has 0 spiro atoms. The zero-order valence-corrected chi connectivity index (χ0v) is 14.5. The van der Waals surface area contributed by atoms with Crippen LogP contribution in [0.2, 0.25) is 0 Å². The fourth-order valence-electron chi connectivity index (χ4n) is 3.06. The van der Waals surface area contributed by atoms with Gasteiger partial charge in [0.1, 0.15) is 12.8 Å². The molecular formula is C20H22NO3+. The first-order chi connectivity index (χ1) is 11.7. The lowest BCUT2D eigenvalue weighted by atomic mass is 10.00. The van der Waals surface area contributed by atoms with E-state index >= 15 is 0 Å². The van der Waals surface area contributed by atoms with Crippen molar-refractivity contribution in [2.45, 2.75) is 6.42 Å². The van der Waals surface area contributed by atoms with Gasteiger partial charge in [0.15, 0.2) is 23.9 Å². The quantitative estimate of drug-likeness (QED) is 0.675. The highest BCUT2D eigenvalue weighted by Crippen LogP contribution is 2.36. The second kappa shape index (κ2) is 6.79. The summed E-state index contributed by atoms with van der Waals surface area (Å²) in [5, 5.41) is 2.20. The van der Waals surface area contributed by atoms with Crippen molar-refractivity contribution in [2.75, 3.05) is 21.3 Å². The van der Waals surface area contributed by atoms with Crippen molar-refractivity contribution in [3.63, 3.8) is 0 Å². The Hall–Kier alpha value is -2.75. The van der Waals surface area contributed by atoms with Gasteiger partial charge in [0, 0.05) is 17.4 Å². The lowest BCUT2D eigenvalue weighted by Gasteiger charge is -2.12. The predicted octanol–water partition coefficient (Wildman–Crippen LogP) is 3.28. The highest BCUT2D eigenvalue weighted by molar-refractivity contribution is 5.92. The molecule has 1 heterocycles. The molecule has 3 aromatic rings. The first-order valence-electron chi connectivity index (χ1n) is 7.82. The molecule has 0 N–H and O–H groups in total. The van der Waals surface area contributed by atoms with Crippen LogP contribution in [0.4, 0.5) is 0 Å². The van der Waals surface area contributed by atoms with Crippen molar-refractivity contribution < 1.29 is 18.8 Å². The van der Waals surface area contributed by atoms with Crippen LogP contribution in [0.15, 0.2) is 48.8 Å². The first kappa shape index (κ1) is 16.1. The topological polar surface area (TPSA) is 31.6 Å². The maximum Gasteiger partial charge on any atom is 0.180 e. The smallest absolute Gasteiger partial charge is 0.180 e. The molecule has 3 rings (SSSR count). The Kier molecular flexibility index (Phi) is 4.56. The van der Waals surface area contributed by atoms with Crippen LogP contribution in [0.5, 0.6) is 17.2 Å². The molecular weight excluding hydrogens is 302 g/mol. The highest BCUT2D eigenvalue weighted by Gasteiger charge is 2.16. The Labute approximate surface area is 142 Å². The van der Waals surface area contributed by atoms with Crippen molar-refractivity contribution in [1.82, 2.24) is 0 Å². The van der Waals surface area contributed by atoms with Gasteiger partial charge in [0.05, 0.1) is 26.7 Å². The number of rotatable bonds is 5. The van der Waals surface area contributed by atoms with E-state index in [0.29, 0.717) is 0 Å². The summed E-state index contributed by atoms with van der Waals surface area (Å²) in [7, 11) is 7.04. The zero-order chi connectivity index (χ0) is 17.1. The summed E-state index contributed by atoms with van der Waals surface area (Å²) in [5.74, 6) is 2.37. The summed E-state index contributed by atoms with van der Waals surface area (Å²) in [6.07, 6.45) is 5.03. The summed E-state index contributed by atoms with van der Waals surface area (Å²) < 4.78 is 18.4. The summed E-state index contributed by atoms with van der Waals surface area (Å²) in [6.45, 7) is 0. The molecule has 0 bridgehead atoms. The van der Waals surface area contributed by atoms with Gasteiger partial charge < -0.3 is 14.2 Å². The van der Waals surface area contributed by atoms with Gasteiger partial charge in [-0.15, -0.1) is 0 Å². The van der Waals surface area contributed by atoms with E-state index in [1.54, 1.807) is 21.3 Å². The molecule has 4 heteroatoms. The highest BCUT2D eigenvalue weighted by atomic mass is 16.5. The minimum Gasteiger partial charge on any atom is -0.497 e. The van der Waals surface area contributed by atoms with Gasteiger partial charge in [-0.1, -0.05) is 12.1 Å². The molecule has 0 unspecified atom stereocenters. The third-order valence-corrected chi connectivity index (χ3v) is 4.15. The Morgan fingerprint density at radius 1 is 0.875 bits per heavy atom. The van der Waals surface area contributed by atoms with Crippen molar-refractivity contribution in [3.8, 4) is 17.2 Å². The normalized spacial score (nSPS) is 10.7. The molecule has 0 radical (unpaired) electrons. The van der Waals surface area contributed by atoms with Crippen molar-refractivity contribution in [2.24, 2.45) is 7.05 Å². The lowest BCUT2D eigenvalue weighted by molar-refractivity contribution is -0.670. The van der Waals surface area contributed by atoms with Crippen molar-refractivity contribution >= 4 is 10.8 Å². The van der Waals surface area contributed by atoms with E-state index in [1.165, 1.54) is 11.1 Å². The monoisotopic (exact) mass is 324 g/mol. The fraction of sp³-hybridized carbons (Fsp3) is 0.250.